The van der Waals surface area contributed by atoms with Crippen LogP contribution in [0, 0.1) is 0 Å². The summed E-state index contributed by atoms with van der Waals surface area (Å²) in [5, 5.41) is 3.67. The number of para-hydroxylation sites is 1. The van der Waals surface area contributed by atoms with Gasteiger partial charge in [-0.3, -0.25) is 0 Å². The molecule has 0 aliphatic heterocycles. The molecule has 0 atom stereocenters. The molecule has 27 heavy (non-hydrogen) atoms. The lowest BCUT2D eigenvalue weighted by Crippen LogP contribution is -1.75. The minimum atomic E-state index is 0.931. The first kappa shape index (κ1) is 14.8. The molecule has 0 amide bonds. The van der Waals surface area contributed by atoms with Gasteiger partial charge in [0.15, 0.2) is 0 Å². The van der Waals surface area contributed by atoms with Crippen LogP contribution in [0.2, 0.25) is 0 Å². The Bertz CT molecular complexity index is 1400. The molecular formula is C24H15NOS. The predicted octanol–water partition coefficient (Wildman–Crippen LogP) is 7.46. The van der Waals surface area contributed by atoms with Crippen LogP contribution >= 0.6 is 11.3 Å². The molecule has 0 unspecified atom stereocenters. The molecule has 128 valence electrons. The van der Waals surface area contributed by atoms with Crippen molar-refractivity contribution in [1.82, 2.24) is 4.98 Å². The van der Waals surface area contributed by atoms with Crippen molar-refractivity contribution in [2.75, 3.05) is 0 Å². The maximum atomic E-state index is 5.46. The van der Waals surface area contributed by atoms with Crippen molar-refractivity contribution >= 4 is 43.3 Å². The second-order valence-electron chi connectivity index (χ2n) is 6.81. The molecule has 1 N–H and O–H groups in total. The highest BCUT2D eigenvalue weighted by Gasteiger charge is 2.09. The van der Waals surface area contributed by atoms with E-state index in [2.05, 4.69) is 71.7 Å². The molecule has 0 aliphatic rings. The highest BCUT2D eigenvalue weighted by atomic mass is 32.1. The van der Waals surface area contributed by atoms with Gasteiger partial charge in [0.05, 0.1) is 6.26 Å². The number of thiophene rings is 1. The van der Waals surface area contributed by atoms with Crippen LogP contribution in [-0.2, 0) is 0 Å². The van der Waals surface area contributed by atoms with Crippen molar-refractivity contribution < 1.29 is 4.42 Å². The van der Waals surface area contributed by atoms with Crippen LogP contribution in [0.5, 0.6) is 0 Å². The van der Waals surface area contributed by atoms with E-state index in [-0.39, 0.29) is 0 Å². The number of aromatic amines is 1. The van der Waals surface area contributed by atoms with Crippen LogP contribution in [0.3, 0.4) is 0 Å². The Kier molecular flexibility index (Phi) is 3.07. The summed E-state index contributed by atoms with van der Waals surface area (Å²) in [6, 6.07) is 28.0. The zero-order chi connectivity index (χ0) is 17.8. The lowest BCUT2D eigenvalue weighted by atomic mass is 10.1. The zero-order valence-corrected chi connectivity index (χ0v) is 15.2. The van der Waals surface area contributed by atoms with Crippen LogP contribution in [0.15, 0.2) is 89.5 Å². The molecule has 0 saturated heterocycles. The summed E-state index contributed by atoms with van der Waals surface area (Å²) in [6.07, 6.45) is 1.74. The number of fused-ring (bicyclic) bond motifs is 3. The van der Waals surface area contributed by atoms with Gasteiger partial charge in [0.25, 0.3) is 0 Å². The minimum Gasteiger partial charge on any atom is -0.464 e. The van der Waals surface area contributed by atoms with Crippen molar-refractivity contribution in [2.24, 2.45) is 0 Å². The lowest BCUT2D eigenvalue weighted by Gasteiger charge is -1.98. The number of H-pyrrole nitrogens is 1. The first-order chi connectivity index (χ1) is 13.3. The molecule has 3 heteroatoms. The van der Waals surface area contributed by atoms with Gasteiger partial charge in [0.1, 0.15) is 5.58 Å². The second-order valence-corrected chi connectivity index (χ2v) is 7.89. The number of aromatic nitrogens is 1. The van der Waals surface area contributed by atoms with Crippen LogP contribution in [-0.4, -0.2) is 4.98 Å². The van der Waals surface area contributed by atoms with Gasteiger partial charge < -0.3 is 9.40 Å². The molecule has 0 fully saturated rings. The SMILES string of the molecule is c1ccc2[nH]c(-c3ccc4cc(-c5ccc6occc6c5)sc4c3)cc2c1. The Morgan fingerprint density at radius 1 is 0.704 bits per heavy atom. The third kappa shape index (κ3) is 2.40. The summed E-state index contributed by atoms with van der Waals surface area (Å²) in [5.74, 6) is 0. The Morgan fingerprint density at radius 3 is 2.59 bits per heavy atom. The van der Waals surface area contributed by atoms with E-state index in [0.717, 1.165) is 16.7 Å². The fraction of sp³-hybridized carbons (Fsp3) is 0. The maximum absolute atomic E-state index is 5.46. The van der Waals surface area contributed by atoms with E-state index in [9.17, 15) is 0 Å². The fourth-order valence-corrected chi connectivity index (χ4v) is 4.79. The largest absolute Gasteiger partial charge is 0.464 e. The summed E-state index contributed by atoms with van der Waals surface area (Å²) in [7, 11) is 0. The number of furan rings is 1. The fourth-order valence-electron chi connectivity index (χ4n) is 3.69. The van der Waals surface area contributed by atoms with E-state index < -0.39 is 0 Å². The van der Waals surface area contributed by atoms with Crippen molar-refractivity contribution in [3.63, 3.8) is 0 Å². The highest BCUT2D eigenvalue weighted by Crippen LogP contribution is 2.37. The second kappa shape index (κ2) is 5.60. The number of hydrogen-bond donors (Lipinski definition) is 1. The molecule has 0 spiro atoms. The number of nitrogens with one attached hydrogen (secondary N) is 1. The summed E-state index contributed by atoms with van der Waals surface area (Å²) < 4.78 is 6.76. The normalized spacial score (nSPS) is 11.7. The summed E-state index contributed by atoms with van der Waals surface area (Å²) in [6.45, 7) is 0. The molecule has 6 rings (SSSR count). The van der Waals surface area contributed by atoms with E-state index in [1.54, 1.807) is 6.26 Å². The molecule has 3 aromatic heterocycles. The van der Waals surface area contributed by atoms with Gasteiger partial charge in [0, 0.05) is 31.6 Å². The molecule has 0 saturated carbocycles. The molecule has 2 nitrogen and oxygen atoms in total. The van der Waals surface area contributed by atoms with E-state index in [0.29, 0.717) is 0 Å². The number of benzene rings is 3. The standard InChI is InChI=1S/C24H15NOS/c1-2-4-20-15(3-1)12-21(25-20)16-5-6-19-14-24(27-23(19)13-16)18-7-8-22-17(11-18)9-10-26-22/h1-14,25H. The summed E-state index contributed by atoms with van der Waals surface area (Å²) >= 11 is 1.83. The number of rotatable bonds is 2. The third-order valence-electron chi connectivity index (χ3n) is 5.10. The monoisotopic (exact) mass is 365 g/mol. The van der Waals surface area contributed by atoms with E-state index in [4.69, 9.17) is 4.42 Å². The predicted molar refractivity (Wildman–Crippen MR) is 114 cm³/mol. The van der Waals surface area contributed by atoms with E-state index in [1.807, 2.05) is 23.5 Å². The van der Waals surface area contributed by atoms with Crippen LogP contribution in [0.4, 0.5) is 0 Å². The Hall–Kier alpha value is -3.30. The van der Waals surface area contributed by atoms with Gasteiger partial charge >= 0.3 is 0 Å². The average Bonchev–Trinajstić information content (AvgIpc) is 3.42. The molecule has 3 heterocycles. The summed E-state index contributed by atoms with van der Waals surface area (Å²) in [5.41, 5.74) is 5.72. The average molecular weight is 365 g/mol. The van der Waals surface area contributed by atoms with Gasteiger partial charge in [-0.2, -0.15) is 0 Å². The van der Waals surface area contributed by atoms with Crippen molar-refractivity contribution in [3.05, 3.63) is 85.1 Å². The van der Waals surface area contributed by atoms with Gasteiger partial charge in [-0.05, 0) is 65.0 Å². The van der Waals surface area contributed by atoms with Crippen LogP contribution in [0.25, 0.3) is 53.7 Å². The van der Waals surface area contributed by atoms with Gasteiger partial charge in [-0.1, -0.05) is 30.3 Å². The molecule has 3 aromatic carbocycles. The summed E-state index contributed by atoms with van der Waals surface area (Å²) in [4.78, 5) is 4.81. The lowest BCUT2D eigenvalue weighted by molar-refractivity contribution is 0.616. The molecule has 0 bridgehead atoms. The zero-order valence-electron chi connectivity index (χ0n) is 14.4. The number of hydrogen-bond acceptors (Lipinski definition) is 2. The molecule has 6 aromatic rings. The first-order valence-electron chi connectivity index (χ1n) is 8.93. The quantitative estimate of drug-likeness (QED) is 0.339. The third-order valence-corrected chi connectivity index (χ3v) is 6.24. The van der Waals surface area contributed by atoms with Crippen LogP contribution in [0.1, 0.15) is 0 Å². The Labute approximate surface area is 159 Å². The van der Waals surface area contributed by atoms with Gasteiger partial charge in [-0.15, -0.1) is 11.3 Å². The first-order valence-corrected chi connectivity index (χ1v) is 9.74. The van der Waals surface area contributed by atoms with Crippen molar-refractivity contribution in [3.8, 4) is 21.7 Å². The Morgan fingerprint density at radius 2 is 1.63 bits per heavy atom. The van der Waals surface area contributed by atoms with E-state index >= 15 is 0 Å². The maximum Gasteiger partial charge on any atom is 0.133 e. The smallest absolute Gasteiger partial charge is 0.133 e. The van der Waals surface area contributed by atoms with Gasteiger partial charge in [-0.25, -0.2) is 0 Å². The topological polar surface area (TPSA) is 28.9 Å². The van der Waals surface area contributed by atoms with Crippen molar-refractivity contribution in [1.29, 1.82) is 0 Å². The van der Waals surface area contributed by atoms with Crippen molar-refractivity contribution in [2.45, 2.75) is 0 Å². The molecule has 0 radical (unpaired) electrons. The Balaban J connectivity index is 1.46. The minimum absolute atomic E-state index is 0.931. The van der Waals surface area contributed by atoms with E-state index in [1.165, 1.54) is 37.0 Å². The van der Waals surface area contributed by atoms with Gasteiger partial charge in [0.2, 0.25) is 0 Å². The molecular weight excluding hydrogens is 350 g/mol. The molecule has 0 aliphatic carbocycles. The highest BCUT2D eigenvalue weighted by molar-refractivity contribution is 7.22. The van der Waals surface area contributed by atoms with Crippen LogP contribution < -0.4 is 0 Å².